The second kappa shape index (κ2) is 9.12. The van der Waals surface area contributed by atoms with Crippen LogP contribution in [0.4, 0.5) is 0 Å². The molecule has 2 atom stereocenters. The van der Waals surface area contributed by atoms with Crippen LogP contribution in [0.15, 0.2) is 54.7 Å². The molecule has 1 N–H and O–H groups in total. The fourth-order valence-electron chi connectivity index (χ4n) is 4.63. The minimum Gasteiger partial charge on any atom is -0.465 e. The predicted octanol–water partition coefficient (Wildman–Crippen LogP) is 4.66. The number of nitrogens with one attached hydrogen (secondary N) is 1. The molecule has 3 aromatic rings. The van der Waals surface area contributed by atoms with E-state index in [1.807, 2.05) is 42.6 Å². The molecule has 1 aromatic carbocycles. The number of esters is 1. The van der Waals surface area contributed by atoms with Crippen LogP contribution < -0.4 is 5.32 Å². The minimum atomic E-state index is -0.350. The van der Waals surface area contributed by atoms with Crippen molar-refractivity contribution in [1.29, 1.82) is 0 Å². The van der Waals surface area contributed by atoms with E-state index in [2.05, 4.69) is 46.6 Å². The molecule has 166 valence electrons. The Morgan fingerprint density at radius 2 is 1.94 bits per heavy atom. The lowest BCUT2D eigenvalue weighted by atomic mass is 9.96. The summed E-state index contributed by atoms with van der Waals surface area (Å²) in [6.45, 7) is 7.16. The SMILES string of the molecule is CCCN1C(=S)NC(c2ccccn2)C1c1cc(C)n(-c2ccccc2C(=O)OC)c1C. The third-order valence-electron chi connectivity index (χ3n) is 6.00. The number of para-hydroxylation sites is 1. The Hall–Kier alpha value is -3.19. The molecule has 6 nitrogen and oxygen atoms in total. The zero-order valence-electron chi connectivity index (χ0n) is 18.8. The number of ether oxygens (including phenoxy) is 1. The molecule has 1 fully saturated rings. The largest absolute Gasteiger partial charge is 0.465 e. The zero-order chi connectivity index (χ0) is 22.8. The molecule has 7 heteroatoms. The number of hydrogen-bond acceptors (Lipinski definition) is 4. The van der Waals surface area contributed by atoms with E-state index in [0.29, 0.717) is 5.56 Å². The molecule has 1 aliphatic rings. The summed E-state index contributed by atoms with van der Waals surface area (Å²) in [5.41, 5.74) is 5.58. The summed E-state index contributed by atoms with van der Waals surface area (Å²) in [4.78, 5) is 19.3. The standard InChI is InChI=1S/C25H28N4O2S/c1-5-14-28-23(22(27-25(28)32)20-11-8-9-13-26-20)19-15-16(2)29(17(19)3)21-12-7-6-10-18(21)24(30)31-4/h6-13,15,22-23H,5,14H2,1-4H3,(H,27,32). The number of thiocarbonyl (C=S) groups is 1. The van der Waals surface area contributed by atoms with Gasteiger partial charge in [-0.3, -0.25) is 4.98 Å². The molecular formula is C25H28N4O2S. The summed E-state index contributed by atoms with van der Waals surface area (Å²) in [5, 5.41) is 4.24. The van der Waals surface area contributed by atoms with Crippen LogP contribution in [-0.4, -0.2) is 39.2 Å². The summed E-state index contributed by atoms with van der Waals surface area (Å²) < 4.78 is 7.15. The molecule has 0 amide bonds. The van der Waals surface area contributed by atoms with Crippen LogP contribution in [0.1, 0.15) is 58.4 Å². The lowest BCUT2D eigenvalue weighted by Crippen LogP contribution is -2.30. The number of aromatic nitrogens is 2. The van der Waals surface area contributed by atoms with Crippen LogP contribution in [0.5, 0.6) is 0 Å². The first-order valence-electron chi connectivity index (χ1n) is 10.8. The van der Waals surface area contributed by atoms with E-state index < -0.39 is 0 Å². The first-order valence-corrected chi connectivity index (χ1v) is 11.2. The van der Waals surface area contributed by atoms with E-state index in [0.717, 1.165) is 40.8 Å². The maximum atomic E-state index is 12.4. The number of nitrogens with zero attached hydrogens (tertiary/aromatic N) is 3. The number of pyridine rings is 1. The Balaban J connectivity index is 1.86. The van der Waals surface area contributed by atoms with Crippen molar-refractivity contribution in [2.45, 2.75) is 39.3 Å². The van der Waals surface area contributed by atoms with Crippen LogP contribution in [-0.2, 0) is 4.74 Å². The first kappa shape index (κ1) is 22.0. The molecule has 3 heterocycles. The molecule has 2 unspecified atom stereocenters. The second-order valence-corrected chi connectivity index (χ2v) is 8.38. The Morgan fingerprint density at radius 1 is 1.19 bits per heavy atom. The van der Waals surface area contributed by atoms with Crippen molar-refractivity contribution in [3.05, 3.63) is 82.9 Å². The lowest BCUT2D eigenvalue weighted by molar-refractivity contribution is 0.0600. The number of benzene rings is 1. The highest BCUT2D eigenvalue weighted by molar-refractivity contribution is 7.80. The van der Waals surface area contributed by atoms with Gasteiger partial charge in [0.15, 0.2) is 5.11 Å². The van der Waals surface area contributed by atoms with Gasteiger partial charge in [-0.15, -0.1) is 0 Å². The molecule has 0 saturated carbocycles. The number of aryl methyl sites for hydroxylation is 1. The third kappa shape index (κ3) is 3.77. The molecule has 4 rings (SSSR count). The van der Waals surface area contributed by atoms with Crippen molar-refractivity contribution in [2.75, 3.05) is 13.7 Å². The monoisotopic (exact) mass is 448 g/mol. The van der Waals surface area contributed by atoms with Gasteiger partial charge >= 0.3 is 5.97 Å². The third-order valence-corrected chi connectivity index (χ3v) is 6.35. The Kier molecular flexibility index (Phi) is 6.28. The van der Waals surface area contributed by atoms with Gasteiger partial charge in [-0.2, -0.15) is 0 Å². The molecule has 1 saturated heterocycles. The summed E-state index contributed by atoms with van der Waals surface area (Å²) in [6, 6.07) is 15.6. The van der Waals surface area contributed by atoms with E-state index in [4.69, 9.17) is 17.0 Å². The molecule has 0 aliphatic carbocycles. The fraction of sp³-hybridized carbons (Fsp3) is 0.320. The Morgan fingerprint density at radius 3 is 2.62 bits per heavy atom. The van der Waals surface area contributed by atoms with Crippen LogP contribution in [0.3, 0.4) is 0 Å². The molecule has 0 radical (unpaired) electrons. The van der Waals surface area contributed by atoms with E-state index >= 15 is 0 Å². The van der Waals surface area contributed by atoms with Gasteiger partial charge in [-0.25, -0.2) is 4.79 Å². The van der Waals surface area contributed by atoms with Gasteiger partial charge in [0.1, 0.15) is 0 Å². The van der Waals surface area contributed by atoms with Crippen molar-refractivity contribution in [3.8, 4) is 5.69 Å². The van der Waals surface area contributed by atoms with Crippen LogP contribution in [0.2, 0.25) is 0 Å². The van der Waals surface area contributed by atoms with Gasteiger partial charge < -0.3 is 19.5 Å². The summed E-state index contributed by atoms with van der Waals surface area (Å²) in [6.07, 6.45) is 2.80. The summed E-state index contributed by atoms with van der Waals surface area (Å²) >= 11 is 5.73. The number of methoxy groups -OCH3 is 1. The highest BCUT2D eigenvalue weighted by Gasteiger charge is 2.41. The maximum absolute atomic E-state index is 12.4. The average molecular weight is 449 g/mol. The van der Waals surface area contributed by atoms with Crippen molar-refractivity contribution in [2.24, 2.45) is 0 Å². The van der Waals surface area contributed by atoms with Crippen LogP contribution >= 0.6 is 12.2 Å². The quantitative estimate of drug-likeness (QED) is 0.437. The number of carbonyl (C=O) groups excluding carboxylic acids is 1. The number of hydrogen-bond donors (Lipinski definition) is 1. The first-order chi connectivity index (χ1) is 15.5. The van der Waals surface area contributed by atoms with Crippen molar-refractivity contribution in [3.63, 3.8) is 0 Å². The summed E-state index contributed by atoms with van der Waals surface area (Å²) in [5.74, 6) is -0.350. The Bertz CT molecular complexity index is 1140. The predicted molar refractivity (Wildman–Crippen MR) is 129 cm³/mol. The second-order valence-electron chi connectivity index (χ2n) is 7.99. The molecule has 1 aliphatic heterocycles. The lowest BCUT2D eigenvalue weighted by Gasteiger charge is -2.28. The van der Waals surface area contributed by atoms with Gasteiger partial charge in [0.05, 0.1) is 36.1 Å². The molecule has 2 aromatic heterocycles. The van der Waals surface area contributed by atoms with Crippen molar-refractivity contribution < 1.29 is 9.53 Å². The normalized spacial score (nSPS) is 18.0. The van der Waals surface area contributed by atoms with Gasteiger partial charge in [-0.05, 0) is 68.4 Å². The molecule has 0 spiro atoms. The number of carbonyl (C=O) groups is 1. The van der Waals surface area contributed by atoms with Crippen molar-refractivity contribution >= 4 is 23.3 Å². The smallest absolute Gasteiger partial charge is 0.339 e. The van der Waals surface area contributed by atoms with E-state index in [1.54, 1.807) is 6.07 Å². The highest BCUT2D eigenvalue weighted by atomic mass is 32.1. The maximum Gasteiger partial charge on any atom is 0.339 e. The van der Waals surface area contributed by atoms with Gasteiger partial charge in [0.2, 0.25) is 0 Å². The van der Waals surface area contributed by atoms with Gasteiger partial charge in [0, 0.05) is 24.1 Å². The summed E-state index contributed by atoms with van der Waals surface area (Å²) in [7, 11) is 1.41. The average Bonchev–Trinajstić information content (AvgIpc) is 3.29. The highest BCUT2D eigenvalue weighted by Crippen LogP contribution is 2.41. The van der Waals surface area contributed by atoms with E-state index in [1.165, 1.54) is 12.7 Å². The van der Waals surface area contributed by atoms with Crippen molar-refractivity contribution in [1.82, 2.24) is 19.8 Å². The fourth-order valence-corrected chi connectivity index (χ4v) is 4.97. The van der Waals surface area contributed by atoms with E-state index in [-0.39, 0.29) is 18.1 Å². The zero-order valence-corrected chi connectivity index (χ0v) is 19.6. The van der Waals surface area contributed by atoms with Crippen LogP contribution in [0, 0.1) is 13.8 Å². The van der Waals surface area contributed by atoms with Crippen LogP contribution in [0.25, 0.3) is 5.69 Å². The molecule has 0 bridgehead atoms. The number of rotatable bonds is 6. The van der Waals surface area contributed by atoms with Gasteiger partial charge in [-0.1, -0.05) is 25.1 Å². The Labute approximate surface area is 194 Å². The topological polar surface area (TPSA) is 59.4 Å². The molecule has 32 heavy (non-hydrogen) atoms. The van der Waals surface area contributed by atoms with E-state index in [9.17, 15) is 4.79 Å². The minimum absolute atomic E-state index is 0.00240. The molecular weight excluding hydrogens is 420 g/mol. The van der Waals surface area contributed by atoms with Gasteiger partial charge in [0.25, 0.3) is 0 Å².